The number of hydrogen-bond acceptors (Lipinski definition) is 3. The summed E-state index contributed by atoms with van der Waals surface area (Å²) >= 11 is 0. The average molecular weight is 348 g/mol. The first-order valence-electron chi connectivity index (χ1n) is 9.06. The Morgan fingerprint density at radius 3 is 2.19 bits per heavy atom. The molecule has 0 aliphatic heterocycles. The van der Waals surface area contributed by atoms with Gasteiger partial charge in [-0.05, 0) is 24.0 Å². The van der Waals surface area contributed by atoms with E-state index in [1.54, 1.807) is 6.07 Å². The van der Waals surface area contributed by atoms with Crippen LogP contribution < -0.4 is 5.63 Å². The second-order valence-corrected chi connectivity index (χ2v) is 6.70. The standard InChI is InChI=1S/C23H24O3/c1-3-19(18-12-8-5-9-13-18)22-20(24)15-21(26-23(22)25)16(2)14-17-10-6-4-7-11-17/h4-13,15-16,19,24H,3,14H2,1-2H3. The lowest BCUT2D eigenvalue weighted by Crippen LogP contribution is -2.15. The van der Waals surface area contributed by atoms with E-state index in [9.17, 15) is 9.90 Å². The zero-order chi connectivity index (χ0) is 18.5. The minimum Gasteiger partial charge on any atom is -0.507 e. The zero-order valence-electron chi connectivity index (χ0n) is 15.2. The van der Waals surface area contributed by atoms with Gasteiger partial charge in [-0.2, -0.15) is 0 Å². The van der Waals surface area contributed by atoms with Gasteiger partial charge < -0.3 is 9.52 Å². The maximum absolute atomic E-state index is 12.7. The van der Waals surface area contributed by atoms with Crippen LogP contribution in [-0.2, 0) is 6.42 Å². The van der Waals surface area contributed by atoms with Gasteiger partial charge in [0.15, 0.2) is 0 Å². The molecule has 3 nitrogen and oxygen atoms in total. The van der Waals surface area contributed by atoms with E-state index in [-0.39, 0.29) is 17.6 Å². The molecular formula is C23H24O3. The van der Waals surface area contributed by atoms with Gasteiger partial charge in [-0.25, -0.2) is 4.79 Å². The van der Waals surface area contributed by atoms with Crippen molar-refractivity contribution in [2.24, 2.45) is 0 Å². The molecule has 1 heterocycles. The van der Waals surface area contributed by atoms with E-state index < -0.39 is 5.63 Å². The number of benzene rings is 2. The predicted molar refractivity (Wildman–Crippen MR) is 104 cm³/mol. The number of hydrogen-bond donors (Lipinski definition) is 1. The van der Waals surface area contributed by atoms with Crippen LogP contribution in [0.15, 0.2) is 75.9 Å². The molecule has 3 heteroatoms. The molecule has 1 N–H and O–H groups in total. The lowest BCUT2D eigenvalue weighted by molar-refractivity contribution is 0.391. The highest BCUT2D eigenvalue weighted by atomic mass is 16.4. The molecule has 0 aliphatic carbocycles. The molecule has 0 bridgehead atoms. The Morgan fingerprint density at radius 2 is 1.62 bits per heavy atom. The van der Waals surface area contributed by atoms with E-state index >= 15 is 0 Å². The van der Waals surface area contributed by atoms with E-state index in [2.05, 4.69) is 0 Å². The second-order valence-electron chi connectivity index (χ2n) is 6.70. The van der Waals surface area contributed by atoms with Crippen LogP contribution in [0.3, 0.4) is 0 Å². The summed E-state index contributed by atoms with van der Waals surface area (Å²) in [5, 5.41) is 10.6. The summed E-state index contributed by atoms with van der Waals surface area (Å²) in [5.74, 6) is 0.364. The van der Waals surface area contributed by atoms with E-state index in [0.29, 0.717) is 17.7 Å². The molecule has 2 atom stereocenters. The van der Waals surface area contributed by atoms with Crippen LogP contribution in [0.25, 0.3) is 0 Å². The first-order valence-corrected chi connectivity index (χ1v) is 9.06. The van der Waals surface area contributed by atoms with Crippen molar-refractivity contribution >= 4 is 0 Å². The van der Waals surface area contributed by atoms with Gasteiger partial charge in [0.25, 0.3) is 0 Å². The largest absolute Gasteiger partial charge is 0.507 e. The molecule has 2 aromatic carbocycles. The predicted octanol–water partition coefficient (Wildman–Crippen LogP) is 5.23. The van der Waals surface area contributed by atoms with Gasteiger partial charge in [0.1, 0.15) is 11.5 Å². The average Bonchev–Trinajstić information content (AvgIpc) is 2.66. The summed E-state index contributed by atoms with van der Waals surface area (Å²) < 4.78 is 5.61. The summed E-state index contributed by atoms with van der Waals surface area (Å²) in [7, 11) is 0. The fourth-order valence-corrected chi connectivity index (χ4v) is 3.43. The molecule has 134 valence electrons. The summed E-state index contributed by atoms with van der Waals surface area (Å²) in [6, 6.07) is 21.4. The first kappa shape index (κ1) is 18.0. The normalized spacial score (nSPS) is 13.3. The topological polar surface area (TPSA) is 50.4 Å². The van der Waals surface area contributed by atoms with Crippen molar-refractivity contribution in [3.8, 4) is 5.75 Å². The Labute approximate surface area is 153 Å². The van der Waals surface area contributed by atoms with Crippen molar-refractivity contribution in [3.63, 3.8) is 0 Å². The Balaban J connectivity index is 1.92. The molecule has 26 heavy (non-hydrogen) atoms. The van der Waals surface area contributed by atoms with Crippen molar-refractivity contribution in [2.75, 3.05) is 0 Å². The highest BCUT2D eigenvalue weighted by molar-refractivity contribution is 5.40. The minimum atomic E-state index is -0.449. The van der Waals surface area contributed by atoms with Crippen LogP contribution in [0.1, 0.15) is 54.6 Å². The molecule has 2 unspecified atom stereocenters. The molecule has 0 spiro atoms. The van der Waals surface area contributed by atoms with Gasteiger partial charge in [0.05, 0.1) is 5.56 Å². The second kappa shape index (κ2) is 8.05. The fraction of sp³-hybridized carbons (Fsp3) is 0.261. The van der Waals surface area contributed by atoms with E-state index in [0.717, 1.165) is 12.0 Å². The van der Waals surface area contributed by atoms with Crippen molar-refractivity contribution in [3.05, 3.63) is 99.6 Å². The van der Waals surface area contributed by atoms with Crippen molar-refractivity contribution in [1.29, 1.82) is 0 Å². The molecule has 3 rings (SSSR count). The Bertz CT molecular complexity index is 898. The molecule has 3 aromatic rings. The Hall–Kier alpha value is -2.81. The van der Waals surface area contributed by atoms with Crippen LogP contribution in [0.4, 0.5) is 0 Å². The van der Waals surface area contributed by atoms with Crippen LogP contribution >= 0.6 is 0 Å². The van der Waals surface area contributed by atoms with E-state index in [1.807, 2.05) is 74.5 Å². The third-order valence-electron chi connectivity index (χ3n) is 4.81. The van der Waals surface area contributed by atoms with Crippen molar-refractivity contribution in [2.45, 2.75) is 38.5 Å². The maximum atomic E-state index is 12.7. The highest BCUT2D eigenvalue weighted by Crippen LogP contribution is 2.33. The third-order valence-corrected chi connectivity index (χ3v) is 4.81. The Kier molecular flexibility index (Phi) is 5.57. The van der Waals surface area contributed by atoms with Gasteiger partial charge >= 0.3 is 5.63 Å². The van der Waals surface area contributed by atoms with Gasteiger partial charge in [-0.1, -0.05) is 74.5 Å². The lowest BCUT2D eigenvalue weighted by Gasteiger charge is -2.17. The smallest absolute Gasteiger partial charge is 0.343 e. The first-order chi connectivity index (χ1) is 12.6. The van der Waals surface area contributed by atoms with Gasteiger partial charge in [0.2, 0.25) is 0 Å². The van der Waals surface area contributed by atoms with Crippen molar-refractivity contribution in [1.82, 2.24) is 0 Å². The molecular weight excluding hydrogens is 324 g/mol. The van der Waals surface area contributed by atoms with E-state index in [4.69, 9.17) is 4.42 Å². The molecule has 0 fully saturated rings. The zero-order valence-corrected chi connectivity index (χ0v) is 15.2. The Morgan fingerprint density at radius 1 is 1.00 bits per heavy atom. The maximum Gasteiger partial charge on any atom is 0.343 e. The summed E-state index contributed by atoms with van der Waals surface area (Å²) in [4.78, 5) is 12.7. The fourth-order valence-electron chi connectivity index (χ4n) is 3.43. The van der Waals surface area contributed by atoms with Crippen molar-refractivity contribution < 1.29 is 9.52 Å². The molecule has 1 aromatic heterocycles. The number of aromatic hydroxyl groups is 1. The van der Waals surface area contributed by atoms with E-state index in [1.165, 1.54) is 5.56 Å². The SMILES string of the molecule is CCC(c1ccccc1)c1c(O)cc(C(C)Cc2ccccc2)oc1=O. The summed E-state index contributed by atoms with van der Waals surface area (Å²) in [6.45, 7) is 4.00. The van der Waals surface area contributed by atoms with Crippen LogP contribution in [0, 0.1) is 0 Å². The molecule has 0 saturated carbocycles. The van der Waals surface area contributed by atoms with Crippen LogP contribution in [0.5, 0.6) is 5.75 Å². The highest BCUT2D eigenvalue weighted by Gasteiger charge is 2.23. The van der Waals surface area contributed by atoms with Gasteiger partial charge in [-0.3, -0.25) is 0 Å². The molecule has 0 saturated heterocycles. The molecule has 0 aliphatic rings. The van der Waals surface area contributed by atoms with Crippen LogP contribution in [-0.4, -0.2) is 5.11 Å². The third kappa shape index (κ3) is 3.88. The minimum absolute atomic E-state index is 0.00171. The summed E-state index contributed by atoms with van der Waals surface area (Å²) in [5.41, 5.74) is 2.06. The van der Waals surface area contributed by atoms with Gasteiger partial charge in [0, 0.05) is 17.9 Å². The lowest BCUT2D eigenvalue weighted by atomic mass is 9.89. The monoisotopic (exact) mass is 348 g/mol. The molecule has 0 amide bonds. The number of rotatable bonds is 6. The molecule has 0 radical (unpaired) electrons. The summed E-state index contributed by atoms with van der Waals surface area (Å²) in [6.07, 6.45) is 1.46. The van der Waals surface area contributed by atoms with Gasteiger partial charge in [-0.15, -0.1) is 0 Å². The quantitative estimate of drug-likeness (QED) is 0.663. The van der Waals surface area contributed by atoms with Crippen LogP contribution in [0.2, 0.25) is 0 Å².